The van der Waals surface area contributed by atoms with Crippen LogP contribution in [0.2, 0.25) is 0 Å². The maximum Gasteiger partial charge on any atom is 0.121 e. The van der Waals surface area contributed by atoms with E-state index >= 15 is 0 Å². The SMILES string of the molecule is FN1C=NC=C(Br)C1. The Morgan fingerprint density at radius 3 is 3.00 bits per heavy atom. The number of hydrogen-bond donors (Lipinski definition) is 0. The van der Waals surface area contributed by atoms with Crippen molar-refractivity contribution in [1.29, 1.82) is 0 Å². The van der Waals surface area contributed by atoms with Crippen LogP contribution in [0.5, 0.6) is 0 Å². The van der Waals surface area contributed by atoms with Crippen molar-refractivity contribution >= 4 is 22.3 Å². The van der Waals surface area contributed by atoms with Gasteiger partial charge in [0.25, 0.3) is 0 Å². The second-order valence-corrected chi connectivity index (χ2v) is 2.42. The van der Waals surface area contributed by atoms with Crippen molar-refractivity contribution in [2.24, 2.45) is 4.99 Å². The normalized spacial score (nSPS) is 18.8. The molecule has 1 aliphatic rings. The molecule has 1 heterocycles. The Kier molecular flexibility index (Phi) is 1.62. The van der Waals surface area contributed by atoms with Gasteiger partial charge in [-0.2, -0.15) is 5.12 Å². The summed E-state index contributed by atoms with van der Waals surface area (Å²) in [7, 11) is 0. The van der Waals surface area contributed by atoms with Gasteiger partial charge in [-0.15, -0.1) is 0 Å². The fourth-order valence-corrected chi connectivity index (χ4v) is 0.770. The minimum atomic E-state index is 0.267. The summed E-state index contributed by atoms with van der Waals surface area (Å²) < 4.78 is 12.8. The molecule has 0 aromatic heterocycles. The Balaban J connectivity index is 2.59. The standard InChI is InChI=1S/C4H4BrFN2/c5-4-1-7-3-8(6)2-4/h1,3H,2H2. The predicted molar refractivity (Wildman–Crippen MR) is 33.3 cm³/mol. The molecule has 0 amide bonds. The number of aliphatic imine (C=N–C) groups is 1. The van der Waals surface area contributed by atoms with Gasteiger partial charge in [-0.05, 0) is 0 Å². The molecule has 0 unspecified atom stereocenters. The summed E-state index contributed by atoms with van der Waals surface area (Å²) >= 11 is 3.09. The third kappa shape index (κ3) is 1.30. The van der Waals surface area contributed by atoms with E-state index in [0.717, 1.165) is 10.8 Å². The Bertz CT molecular complexity index is 143. The van der Waals surface area contributed by atoms with Crippen LogP contribution in [-0.2, 0) is 0 Å². The number of hydrogen-bond acceptors (Lipinski definition) is 2. The van der Waals surface area contributed by atoms with Crippen molar-refractivity contribution in [2.75, 3.05) is 6.54 Å². The van der Waals surface area contributed by atoms with Crippen LogP contribution in [0.25, 0.3) is 0 Å². The van der Waals surface area contributed by atoms with Gasteiger partial charge in [-0.1, -0.05) is 20.4 Å². The van der Waals surface area contributed by atoms with E-state index in [0.29, 0.717) is 5.12 Å². The molecular formula is C4H4BrFN2. The first-order chi connectivity index (χ1) is 3.79. The molecule has 4 heteroatoms. The van der Waals surface area contributed by atoms with Crippen LogP contribution in [0.3, 0.4) is 0 Å². The molecule has 0 aromatic rings. The molecule has 1 aliphatic heterocycles. The van der Waals surface area contributed by atoms with Gasteiger partial charge in [-0.25, -0.2) is 4.99 Å². The second-order valence-electron chi connectivity index (χ2n) is 1.40. The molecule has 0 aliphatic carbocycles. The van der Waals surface area contributed by atoms with Gasteiger partial charge in [0.15, 0.2) is 0 Å². The van der Waals surface area contributed by atoms with Crippen LogP contribution in [0.1, 0.15) is 0 Å². The topological polar surface area (TPSA) is 15.6 Å². The zero-order valence-corrected chi connectivity index (χ0v) is 5.60. The van der Waals surface area contributed by atoms with Crippen molar-refractivity contribution < 1.29 is 4.48 Å². The van der Waals surface area contributed by atoms with Crippen molar-refractivity contribution in [3.05, 3.63) is 10.7 Å². The van der Waals surface area contributed by atoms with Gasteiger partial charge >= 0.3 is 0 Å². The molecule has 0 bridgehead atoms. The fraction of sp³-hybridized carbons (Fsp3) is 0.250. The molecule has 0 saturated heterocycles. The lowest BCUT2D eigenvalue weighted by atomic mass is 10.6. The molecule has 1 rings (SSSR count). The summed E-state index contributed by atoms with van der Waals surface area (Å²) in [6, 6.07) is 0. The first-order valence-electron chi connectivity index (χ1n) is 2.09. The molecule has 0 atom stereocenters. The fourth-order valence-electron chi connectivity index (χ4n) is 0.412. The van der Waals surface area contributed by atoms with Crippen molar-refractivity contribution in [3.8, 4) is 0 Å². The molecule has 8 heavy (non-hydrogen) atoms. The second kappa shape index (κ2) is 2.26. The Hall–Kier alpha value is -0.380. The van der Waals surface area contributed by atoms with Crippen molar-refractivity contribution in [1.82, 2.24) is 5.12 Å². The monoisotopic (exact) mass is 178 g/mol. The van der Waals surface area contributed by atoms with Crippen LogP contribution < -0.4 is 0 Å². The van der Waals surface area contributed by atoms with E-state index in [1.165, 1.54) is 0 Å². The smallest absolute Gasteiger partial charge is 0.121 e. The zero-order chi connectivity index (χ0) is 5.98. The van der Waals surface area contributed by atoms with Crippen LogP contribution in [0.15, 0.2) is 15.7 Å². The maximum absolute atomic E-state index is 12.0. The lowest BCUT2D eigenvalue weighted by molar-refractivity contribution is 0.144. The quantitative estimate of drug-likeness (QED) is 0.514. The van der Waals surface area contributed by atoms with Crippen LogP contribution >= 0.6 is 15.9 Å². The van der Waals surface area contributed by atoms with E-state index in [9.17, 15) is 4.48 Å². The summed E-state index contributed by atoms with van der Waals surface area (Å²) in [5.41, 5.74) is 0. The Labute approximate surface area is 54.8 Å². The molecule has 0 radical (unpaired) electrons. The molecule has 2 nitrogen and oxygen atoms in total. The highest BCUT2D eigenvalue weighted by Crippen LogP contribution is 2.09. The van der Waals surface area contributed by atoms with Crippen molar-refractivity contribution in [3.63, 3.8) is 0 Å². The van der Waals surface area contributed by atoms with Crippen LogP contribution in [0, 0.1) is 0 Å². The van der Waals surface area contributed by atoms with E-state index in [4.69, 9.17) is 0 Å². The van der Waals surface area contributed by atoms with Gasteiger partial charge in [0.05, 0.1) is 6.54 Å². The summed E-state index contributed by atoms with van der Waals surface area (Å²) in [6.07, 6.45) is 2.70. The Morgan fingerprint density at radius 2 is 2.62 bits per heavy atom. The minimum Gasteiger partial charge on any atom is -0.244 e. The van der Waals surface area contributed by atoms with E-state index in [-0.39, 0.29) is 6.54 Å². The predicted octanol–water partition coefficient (Wildman–Crippen LogP) is 1.45. The highest BCUT2D eigenvalue weighted by molar-refractivity contribution is 9.11. The molecular weight excluding hydrogens is 175 g/mol. The summed E-state index contributed by atoms with van der Waals surface area (Å²) in [6.45, 7) is 0.267. The van der Waals surface area contributed by atoms with E-state index in [2.05, 4.69) is 20.9 Å². The zero-order valence-electron chi connectivity index (χ0n) is 4.01. The van der Waals surface area contributed by atoms with E-state index in [1.807, 2.05) is 0 Å². The van der Waals surface area contributed by atoms with Gasteiger partial charge in [-0.3, -0.25) is 0 Å². The van der Waals surface area contributed by atoms with E-state index < -0.39 is 0 Å². The highest BCUT2D eigenvalue weighted by atomic mass is 79.9. The maximum atomic E-state index is 12.0. The van der Waals surface area contributed by atoms with Gasteiger partial charge < -0.3 is 0 Å². The van der Waals surface area contributed by atoms with Gasteiger partial charge in [0.2, 0.25) is 0 Å². The number of rotatable bonds is 0. The first-order valence-corrected chi connectivity index (χ1v) is 2.88. The van der Waals surface area contributed by atoms with Gasteiger partial charge in [0.1, 0.15) is 6.34 Å². The lowest BCUT2D eigenvalue weighted by Gasteiger charge is -2.08. The van der Waals surface area contributed by atoms with Crippen LogP contribution in [0.4, 0.5) is 4.48 Å². The first kappa shape index (κ1) is 5.75. The van der Waals surface area contributed by atoms with Crippen molar-refractivity contribution in [2.45, 2.75) is 0 Å². The third-order valence-electron chi connectivity index (χ3n) is 0.709. The molecule has 0 spiro atoms. The van der Waals surface area contributed by atoms with Gasteiger partial charge in [0, 0.05) is 10.7 Å². The third-order valence-corrected chi connectivity index (χ3v) is 1.16. The number of nitrogens with zero attached hydrogens (tertiary/aromatic N) is 2. The number of halogens is 2. The molecule has 0 aromatic carbocycles. The molecule has 0 fully saturated rings. The molecule has 0 saturated carbocycles. The lowest BCUT2D eigenvalue weighted by Crippen LogP contribution is -2.14. The van der Waals surface area contributed by atoms with Crippen LogP contribution in [-0.4, -0.2) is 18.0 Å². The molecule has 44 valence electrons. The Morgan fingerprint density at radius 1 is 1.88 bits per heavy atom. The van der Waals surface area contributed by atoms with E-state index in [1.54, 1.807) is 6.20 Å². The summed E-state index contributed by atoms with van der Waals surface area (Å²) in [5, 5.41) is 0.504. The average molecular weight is 179 g/mol. The highest BCUT2D eigenvalue weighted by Gasteiger charge is 2.01. The average Bonchev–Trinajstić information content (AvgIpc) is 1.64. The minimum absolute atomic E-state index is 0.267. The largest absolute Gasteiger partial charge is 0.244 e. The molecule has 0 N–H and O–H groups in total. The summed E-state index contributed by atoms with van der Waals surface area (Å²) in [4.78, 5) is 3.56. The summed E-state index contributed by atoms with van der Waals surface area (Å²) in [5.74, 6) is 0.